The molecule has 0 fully saturated rings. The van der Waals surface area contributed by atoms with Crippen molar-refractivity contribution < 1.29 is 9.53 Å². The van der Waals surface area contributed by atoms with Gasteiger partial charge in [-0.15, -0.1) is 0 Å². The Morgan fingerprint density at radius 1 is 1.56 bits per heavy atom. The summed E-state index contributed by atoms with van der Waals surface area (Å²) in [5.74, 6) is 0.400. The number of hydrogen-bond donors (Lipinski definition) is 2. The second-order valence-electron chi connectivity index (χ2n) is 3.85. The molecule has 1 aromatic heterocycles. The van der Waals surface area contributed by atoms with Crippen LogP contribution in [0.4, 0.5) is 5.82 Å². The lowest BCUT2D eigenvalue weighted by Crippen LogP contribution is -2.31. The molecule has 0 spiro atoms. The van der Waals surface area contributed by atoms with E-state index >= 15 is 0 Å². The van der Waals surface area contributed by atoms with Gasteiger partial charge in [-0.25, -0.2) is 4.98 Å². The number of carbonyl (C=O) groups is 1. The first-order chi connectivity index (χ1) is 8.56. The molecule has 0 aliphatic carbocycles. The SMILES string of the molecule is CCNc1cc(C(=O)NCC(C)OC)cc(Cl)n1. The topological polar surface area (TPSA) is 63.2 Å². The molecular weight excluding hydrogens is 254 g/mol. The zero-order chi connectivity index (χ0) is 13.5. The predicted octanol–water partition coefficient (Wildman–Crippen LogP) is 1.93. The molecule has 0 aliphatic rings. The summed E-state index contributed by atoms with van der Waals surface area (Å²) in [6.45, 7) is 4.99. The van der Waals surface area contributed by atoms with Crippen molar-refractivity contribution in [3.63, 3.8) is 0 Å². The molecule has 1 rings (SSSR count). The largest absolute Gasteiger partial charge is 0.380 e. The average Bonchev–Trinajstić information content (AvgIpc) is 2.35. The Hall–Kier alpha value is -1.33. The van der Waals surface area contributed by atoms with Crippen LogP contribution in [0.1, 0.15) is 24.2 Å². The van der Waals surface area contributed by atoms with Gasteiger partial charge in [-0.05, 0) is 26.0 Å². The second kappa shape index (κ2) is 7.18. The van der Waals surface area contributed by atoms with Crippen molar-refractivity contribution in [3.05, 3.63) is 22.8 Å². The van der Waals surface area contributed by atoms with Crippen molar-refractivity contribution in [2.75, 3.05) is 25.5 Å². The first-order valence-electron chi connectivity index (χ1n) is 5.79. The van der Waals surface area contributed by atoms with Gasteiger partial charge in [-0.3, -0.25) is 4.79 Å². The molecule has 5 nitrogen and oxygen atoms in total. The number of amides is 1. The molecule has 100 valence electrons. The van der Waals surface area contributed by atoms with E-state index in [1.165, 1.54) is 6.07 Å². The van der Waals surface area contributed by atoms with E-state index in [4.69, 9.17) is 16.3 Å². The number of carbonyl (C=O) groups excluding carboxylic acids is 1. The van der Waals surface area contributed by atoms with Crippen LogP contribution in [0.15, 0.2) is 12.1 Å². The molecular formula is C12H18ClN3O2. The number of anilines is 1. The molecule has 2 N–H and O–H groups in total. The standard InChI is InChI=1S/C12H18ClN3O2/c1-4-14-11-6-9(5-10(13)16-11)12(17)15-7-8(2)18-3/h5-6,8H,4,7H2,1-3H3,(H,14,16)(H,15,17). The van der Waals surface area contributed by atoms with Crippen LogP contribution in [-0.2, 0) is 4.74 Å². The molecule has 1 atom stereocenters. The minimum absolute atomic E-state index is 0.0282. The van der Waals surface area contributed by atoms with E-state index in [0.717, 1.165) is 6.54 Å². The second-order valence-corrected chi connectivity index (χ2v) is 4.24. The van der Waals surface area contributed by atoms with Crippen LogP contribution in [0.2, 0.25) is 5.15 Å². The lowest BCUT2D eigenvalue weighted by atomic mass is 10.2. The van der Waals surface area contributed by atoms with E-state index in [0.29, 0.717) is 23.1 Å². The molecule has 1 amide bonds. The summed E-state index contributed by atoms with van der Waals surface area (Å²) in [6.07, 6.45) is -0.0282. The van der Waals surface area contributed by atoms with Crippen molar-refractivity contribution >= 4 is 23.3 Å². The summed E-state index contributed by atoms with van der Waals surface area (Å²) in [5, 5.41) is 6.08. The number of halogens is 1. The fourth-order valence-corrected chi connectivity index (χ4v) is 1.53. The first-order valence-corrected chi connectivity index (χ1v) is 6.17. The van der Waals surface area contributed by atoms with Gasteiger partial charge in [0.05, 0.1) is 6.10 Å². The van der Waals surface area contributed by atoms with E-state index in [9.17, 15) is 4.79 Å². The molecule has 0 aromatic carbocycles. The first kappa shape index (κ1) is 14.7. The van der Waals surface area contributed by atoms with E-state index in [1.807, 2.05) is 13.8 Å². The third-order valence-corrected chi connectivity index (χ3v) is 2.56. The molecule has 18 heavy (non-hydrogen) atoms. The van der Waals surface area contributed by atoms with Crippen molar-refractivity contribution in [2.24, 2.45) is 0 Å². The van der Waals surface area contributed by atoms with Gasteiger partial charge in [-0.2, -0.15) is 0 Å². The van der Waals surface area contributed by atoms with Gasteiger partial charge in [0.15, 0.2) is 0 Å². The number of aromatic nitrogens is 1. The molecule has 0 saturated heterocycles. The van der Waals surface area contributed by atoms with Gasteiger partial charge in [-0.1, -0.05) is 11.6 Å². The molecule has 0 aliphatic heterocycles. The van der Waals surface area contributed by atoms with E-state index in [1.54, 1.807) is 13.2 Å². The van der Waals surface area contributed by atoms with Crippen LogP contribution in [-0.4, -0.2) is 37.2 Å². The zero-order valence-corrected chi connectivity index (χ0v) is 11.5. The Bertz CT molecular complexity index is 412. The highest BCUT2D eigenvalue weighted by Crippen LogP contribution is 2.14. The van der Waals surface area contributed by atoms with Crippen LogP contribution in [0.5, 0.6) is 0 Å². The van der Waals surface area contributed by atoms with Gasteiger partial charge in [0.1, 0.15) is 11.0 Å². The smallest absolute Gasteiger partial charge is 0.251 e. The lowest BCUT2D eigenvalue weighted by molar-refractivity contribution is 0.0870. The summed E-state index contributed by atoms with van der Waals surface area (Å²) >= 11 is 5.86. The number of ether oxygens (including phenoxy) is 1. The summed E-state index contributed by atoms with van der Waals surface area (Å²) in [6, 6.07) is 3.21. The Kier molecular flexibility index (Phi) is 5.88. The summed E-state index contributed by atoms with van der Waals surface area (Å²) in [5.41, 5.74) is 0.481. The third kappa shape index (κ3) is 4.50. The fourth-order valence-electron chi connectivity index (χ4n) is 1.32. The third-order valence-electron chi connectivity index (χ3n) is 2.37. The summed E-state index contributed by atoms with van der Waals surface area (Å²) in [7, 11) is 1.60. The number of rotatable bonds is 6. The molecule has 0 saturated carbocycles. The maximum absolute atomic E-state index is 11.9. The van der Waals surface area contributed by atoms with Gasteiger partial charge < -0.3 is 15.4 Å². The maximum Gasteiger partial charge on any atom is 0.251 e. The predicted molar refractivity (Wildman–Crippen MR) is 72.2 cm³/mol. The van der Waals surface area contributed by atoms with Gasteiger partial charge in [0, 0.05) is 25.8 Å². The summed E-state index contributed by atoms with van der Waals surface area (Å²) < 4.78 is 5.06. The Morgan fingerprint density at radius 2 is 2.28 bits per heavy atom. The van der Waals surface area contributed by atoms with Crippen LogP contribution < -0.4 is 10.6 Å². The van der Waals surface area contributed by atoms with Crippen molar-refractivity contribution in [3.8, 4) is 0 Å². The minimum Gasteiger partial charge on any atom is -0.380 e. The van der Waals surface area contributed by atoms with E-state index < -0.39 is 0 Å². The number of nitrogens with one attached hydrogen (secondary N) is 2. The quantitative estimate of drug-likeness (QED) is 0.776. The van der Waals surface area contributed by atoms with Gasteiger partial charge in [0.25, 0.3) is 5.91 Å². The minimum atomic E-state index is -0.192. The highest BCUT2D eigenvalue weighted by molar-refractivity contribution is 6.29. The molecule has 6 heteroatoms. The van der Waals surface area contributed by atoms with Crippen LogP contribution >= 0.6 is 11.6 Å². The number of pyridine rings is 1. The molecule has 1 unspecified atom stereocenters. The maximum atomic E-state index is 11.9. The normalized spacial score (nSPS) is 12.0. The van der Waals surface area contributed by atoms with E-state index in [-0.39, 0.29) is 12.0 Å². The van der Waals surface area contributed by atoms with Crippen LogP contribution in [0.25, 0.3) is 0 Å². The number of hydrogen-bond acceptors (Lipinski definition) is 4. The highest BCUT2D eigenvalue weighted by atomic mass is 35.5. The van der Waals surface area contributed by atoms with Crippen LogP contribution in [0, 0.1) is 0 Å². The molecule has 1 aromatic rings. The number of nitrogens with zero attached hydrogens (tertiary/aromatic N) is 1. The molecule has 0 bridgehead atoms. The monoisotopic (exact) mass is 271 g/mol. The lowest BCUT2D eigenvalue weighted by Gasteiger charge is -2.11. The zero-order valence-electron chi connectivity index (χ0n) is 10.8. The highest BCUT2D eigenvalue weighted by Gasteiger charge is 2.10. The Labute approximate surface area is 112 Å². The average molecular weight is 272 g/mol. The Morgan fingerprint density at radius 3 is 2.89 bits per heavy atom. The van der Waals surface area contributed by atoms with E-state index in [2.05, 4.69) is 15.6 Å². The fraction of sp³-hybridized carbons (Fsp3) is 0.500. The van der Waals surface area contributed by atoms with Gasteiger partial charge in [0.2, 0.25) is 0 Å². The summed E-state index contributed by atoms with van der Waals surface area (Å²) in [4.78, 5) is 16.0. The van der Waals surface area contributed by atoms with Crippen molar-refractivity contribution in [1.82, 2.24) is 10.3 Å². The molecule has 0 radical (unpaired) electrons. The van der Waals surface area contributed by atoms with Crippen molar-refractivity contribution in [2.45, 2.75) is 20.0 Å². The van der Waals surface area contributed by atoms with Crippen molar-refractivity contribution in [1.29, 1.82) is 0 Å². The Balaban J connectivity index is 2.72. The van der Waals surface area contributed by atoms with Crippen LogP contribution in [0.3, 0.4) is 0 Å². The molecule has 1 heterocycles. The number of methoxy groups -OCH3 is 1. The van der Waals surface area contributed by atoms with Gasteiger partial charge >= 0.3 is 0 Å².